The molecule has 0 unspecified atom stereocenters. The number of benzene rings is 2. The molecule has 0 bridgehead atoms. The number of fused-ring (bicyclic) bond motifs is 1. The predicted octanol–water partition coefficient (Wildman–Crippen LogP) is 4.63. The van der Waals surface area contributed by atoms with Crippen molar-refractivity contribution in [3.63, 3.8) is 0 Å². The Balaban J connectivity index is 1.62. The van der Waals surface area contributed by atoms with Crippen molar-refractivity contribution in [1.82, 2.24) is 0 Å². The first-order valence-corrected chi connectivity index (χ1v) is 12.0. The fraction of sp³-hybridized carbons (Fsp3) is 0.429. The molecule has 1 aliphatic heterocycles. The standard InChI is InChI=1S/C28H29NO4/c1-2-9-19-16-22(30)26(28(19)23(31)14-8-15-24(28)32)25-20-12-6-7-13-21(20)29(27(25)33)17-18-10-4-3-5-11-18/h3-7,10-13,19,25-26H,2,8-9,14-17H2,1H3/t19-,25+,26+/m1/s1. The number of carbonyl (C=O) groups is 4. The molecule has 2 aliphatic carbocycles. The first-order valence-electron chi connectivity index (χ1n) is 12.0. The zero-order valence-electron chi connectivity index (χ0n) is 19.0. The van der Waals surface area contributed by atoms with Crippen LogP contribution in [-0.4, -0.2) is 23.3 Å². The number of hydrogen-bond donors (Lipinski definition) is 0. The monoisotopic (exact) mass is 443 g/mol. The van der Waals surface area contributed by atoms with Gasteiger partial charge in [0.15, 0.2) is 0 Å². The van der Waals surface area contributed by atoms with Crippen LogP contribution in [0, 0.1) is 17.3 Å². The lowest BCUT2D eigenvalue weighted by Gasteiger charge is -2.41. The van der Waals surface area contributed by atoms with Crippen molar-refractivity contribution in [1.29, 1.82) is 0 Å². The van der Waals surface area contributed by atoms with Crippen LogP contribution in [0.3, 0.4) is 0 Å². The van der Waals surface area contributed by atoms with E-state index in [0.29, 0.717) is 32.2 Å². The molecule has 3 aliphatic rings. The number of rotatable bonds is 5. The number of para-hydroxylation sites is 1. The van der Waals surface area contributed by atoms with E-state index >= 15 is 0 Å². The van der Waals surface area contributed by atoms with E-state index in [4.69, 9.17) is 0 Å². The summed E-state index contributed by atoms with van der Waals surface area (Å²) in [5.41, 5.74) is 1.18. The van der Waals surface area contributed by atoms with E-state index in [-0.39, 0.29) is 35.6 Å². The van der Waals surface area contributed by atoms with Crippen molar-refractivity contribution < 1.29 is 19.2 Å². The van der Waals surface area contributed by atoms with E-state index in [1.165, 1.54) is 0 Å². The molecule has 0 saturated heterocycles. The number of ketones is 3. The maximum Gasteiger partial charge on any atom is 0.235 e. The minimum Gasteiger partial charge on any atom is -0.307 e. The third-order valence-electron chi connectivity index (χ3n) is 7.91. The van der Waals surface area contributed by atoms with Gasteiger partial charge in [0.25, 0.3) is 0 Å². The SMILES string of the molecule is CCC[C@@H]1CC(=O)[C@@H]([C@H]2C(=O)N(Cc3ccccc3)c3ccccc32)C12C(=O)CCCC2=O. The molecule has 0 radical (unpaired) electrons. The summed E-state index contributed by atoms with van der Waals surface area (Å²) < 4.78 is 0. The molecular formula is C28H29NO4. The quantitative estimate of drug-likeness (QED) is 0.632. The highest BCUT2D eigenvalue weighted by atomic mass is 16.2. The molecule has 0 aromatic heterocycles. The van der Waals surface area contributed by atoms with Crippen molar-refractivity contribution in [3.05, 3.63) is 65.7 Å². The van der Waals surface area contributed by atoms with Crippen molar-refractivity contribution >= 4 is 28.9 Å². The number of anilines is 1. The Bertz CT molecular complexity index is 1110. The molecule has 0 N–H and O–H groups in total. The Kier molecular flexibility index (Phi) is 5.51. The first-order chi connectivity index (χ1) is 16.0. The summed E-state index contributed by atoms with van der Waals surface area (Å²) in [6.45, 7) is 2.41. The van der Waals surface area contributed by atoms with Gasteiger partial charge in [0, 0.05) is 24.9 Å². The largest absolute Gasteiger partial charge is 0.307 e. The van der Waals surface area contributed by atoms with Crippen LogP contribution in [0.25, 0.3) is 0 Å². The lowest BCUT2D eigenvalue weighted by atomic mass is 9.57. The Hall–Kier alpha value is -3.08. The number of hydrogen-bond acceptors (Lipinski definition) is 4. The average molecular weight is 444 g/mol. The van der Waals surface area contributed by atoms with Crippen LogP contribution in [0.1, 0.15) is 62.5 Å². The lowest BCUT2D eigenvalue weighted by molar-refractivity contribution is -0.153. The third-order valence-corrected chi connectivity index (χ3v) is 7.91. The lowest BCUT2D eigenvalue weighted by Crippen LogP contribution is -2.53. The molecule has 1 heterocycles. The van der Waals surface area contributed by atoms with Crippen molar-refractivity contribution in [2.75, 3.05) is 4.90 Å². The summed E-state index contributed by atoms with van der Waals surface area (Å²) >= 11 is 0. The van der Waals surface area contributed by atoms with Crippen LogP contribution in [-0.2, 0) is 25.7 Å². The number of Topliss-reactive ketones (excluding diaryl/α,β-unsaturated/α-hetero) is 3. The van der Waals surface area contributed by atoms with Gasteiger partial charge >= 0.3 is 0 Å². The highest BCUT2D eigenvalue weighted by molar-refractivity contribution is 6.18. The van der Waals surface area contributed by atoms with Crippen LogP contribution in [0.5, 0.6) is 0 Å². The fourth-order valence-corrected chi connectivity index (χ4v) is 6.61. The summed E-state index contributed by atoms with van der Waals surface area (Å²) in [6, 6.07) is 17.3. The van der Waals surface area contributed by atoms with Crippen LogP contribution in [0.15, 0.2) is 54.6 Å². The Morgan fingerprint density at radius 1 is 0.909 bits per heavy atom. The van der Waals surface area contributed by atoms with Crippen LogP contribution >= 0.6 is 0 Å². The van der Waals surface area contributed by atoms with Gasteiger partial charge in [-0.2, -0.15) is 0 Å². The number of amides is 1. The summed E-state index contributed by atoms with van der Waals surface area (Å²) in [5.74, 6) is -2.52. The average Bonchev–Trinajstić information content (AvgIpc) is 3.24. The van der Waals surface area contributed by atoms with E-state index in [2.05, 4.69) is 0 Å². The van der Waals surface area contributed by atoms with Crippen molar-refractivity contribution in [2.45, 2.75) is 57.9 Å². The second kappa shape index (κ2) is 8.36. The molecule has 5 heteroatoms. The first kappa shape index (κ1) is 21.7. The second-order valence-electron chi connectivity index (χ2n) is 9.65. The third kappa shape index (κ3) is 3.20. The molecule has 1 spiro atoms. The Labute approximate surface area is 194 Å². The van der Waals surface area contributed by atoms with Crippen molar-refractivity contribution in [3.8, 4) is 0 Å². The van der Waals surface area contributed by atoms with Gasteiger partial charge < -0.3 is 4.90 Å². The van der Waals surface area contributed by atoms with Gasteiger partial charge in [0.2, 0.25) is 5.91 Å². The van der Waals surface area contributed by atoms with Gasteiger partial charge in [-0.1, -0.05) is 61.9 Å². The maximum atomic E-state index is 14.0. The minimum absolute atomic E-state index is 0.105. The van der Waals surface area contributed by atoms with E-state index < -0.39 is 17.3 Å². The minimum atomic E-state index is -1.35. The maximum absolute atomic E-state index is 14.0. The van der Waals surface area contributed by atoms with Gasteiger partial charge in [-0.05, 0) is 36.0 Å². The van der Waals surface area contributed by atoms with Gasteiger partial charge in [0.1, 0.15) is 22.8 Å². The molecule has 5 rings (SSSR count). The fourth-order valence-electron chi connectivity index (χ4n) is 6.61. The van der Waals surface area contributed by atoms with E-state index in [1.807, 2.05) is 61.5 Å². The van der Waals surface area contributed by atoms with E-state index in [1.54, 1.807) is 4.90 Å². The molecular weight excluding hydrogens is 414 g/mol. The van der Waals surface area contributed by atoms with Crippen LogP contribution in [0.4, 0.5) is 5.69 Å². The molecule has 2 aromatic carbocycles. The van der Waals surface area contributed by atoms with Crippen molar-refractivity contribution in [2.24, 2.45) is 17.3 Å². The Morgan fingerprint density at radius 3 is 2.27 bits per heavy atom. The molecule has 170 valence electrons. The highest BCUT2D eigenvalue weighted by Gasteiger charge is 2.67. The second-order valence-corrected chi connectivity index (χ2v) is 9.65. The van der Waals surface area contributed by atoms with Gasteiger partial charge in [-0.3, -0.25) is 19.2 Å². The summed E-state index contributed by atoms with van der Waals surface area (Å²) in [7, 11) is 0. The smallest absolute Gasteiger partial charge is 0.235 e. The topological polar surface area (TPSA) is 71.5 Å². The number of carbonyl (C=O) groups excluding carboxylic acids is 4. The van der Waals surface area contributed by atoms with E-state index in [0.717, 1.165) is 23.2 Å². The zero-order valence-corrected chi connectivity index (χ0v) is 19.0. The molecule has 3 atom stereocenters. The van der Waals surface area contributed by atoms with Crippen LogP contribution in [0.2, 0.25) is 0 Å². The molecule has 2 fully saturated rings. The predicted molar refractivity (Wildman–Crippen MR) is 125 cm³/mol. The molecule has 5 nitrogen and oxygen atoms in total. The normalized spacial score (nSPS) is 26.3. The Morgan fingerprint density at radius 2 is 1.58 bits per heavy atom. The molecule has 2 saturated carbocycles. The zero-order chi connectivity index (χ0) is 23.2. The van der Waals surface area contributed by atoms with Crippen LogP contribution < -0.4 is 4.90 Å². The molecule has 2 aromatic rings. The summed E-state index contributed by atoms with van der Waals surface area (Å²) in [4.78, 5) is 56.3. The molecule has 33 heavy (non-hydrogen) atoms. The summed E-state index contributed by atoms with van der Waals surface area (Å²) in [6.07, 6.45) is 2.81. The summed E-state index contributed by atoms with van der Waals surface area (Å²) in [5, 5.41) is 0. The molecule has 1 amide bonds. The number of nitrogens with zero attached hydrogens (tertiary/aromatic N) is 1. The van der Waals surface area contributed by atoms with Gasteiger partial charge in [-0.15, -0.1) is 0 Å². The van der Waals surface area contributed by atoms with Gasteiger partial charge in [0.05, 0.1) is 18.4 Å². The van der Waals surface area contributed by atoms with Gasteiger partial charge in [-0.25, -0.2) is 0 Å². The van der Waals surface area contributed by atoms with E-state index in [9.17, 15) is 19.2 Å². The highest BCUT2D eigenvalue weighted by Crippen LogP contribution is 2.59.